The third-order valence-electron chi connectivity index (χ3n) is 4.29. The number of rotatable bonds is 3. The van der Waals surface area contributed by atoms with E-state index in [0.717, 1.165) is 6.21 Å². The molecule has 0 bridgehead atoms. The van der Waals surface area contributed by atoms with E-state index in [-0.39, 0.29) is 12.0 Å². The van der Waals surface area contributed by atoms with Crippen molar-refractivity contribution in [2.45, 2.75) is 18.0 Å². The van der Waals surface area contributed by atoms with Crippen molar-refractivity contribution in [2.24, 2.45) is 4.99 Å². The van der Waals surface area contributed by atoms with Gasteiger partial charge in [0.1, 0.15) is 16.9 Å². The van der Waals surface area contributed by atoms with Gasteiger partial charge in [-0.2, -0.15) is 13.2 Å². The predicted octanol–water partition coefficient (Wildman–Crippen LogP) is 4.46. The van der Waals surface area contributed by atoms with Gasteiger partial charge in [0.05, 0.1) is 19.9 Å². The Kier molecular flexibility index (Phi) is 3.99. The summed E-state index contributed by atoms with van der Waals surface area (Å²) in [6.45, 7) is 0. The average Bonchev–Trinajstić information content (AvgIpc) is 2.59. The fourth-order valence-electron chi connectivity index (χ4n) is 2.88. The van der Waals surface area contributed by atoms with Crippen LogP contribution in [-0.4, -0.2) is 26.6 Å². The summed E-state index contributed by atoms with van der Waals surface area (Å²) < 4.78 is 52.1. The Hall–Kier alpha value is -2.50. The van der Waals surface area contributed by atoms with Crippen molar-refractivity contribution in [3.63, 3.8) is 0 Å². The zero-order chi connectivity index (χ0) is 17.4. The molecule has 2 aromatic carbocycles. The number of nitrogens with zero attached hydrogens (tertiary/aromatic N) is 1. The van der Waals surface area contributed by atoms with Crippen molar-refractivity contribution in [3.8, 4) is 11.5 Å². The minimum atomic E-state index is -4.48. The number of methoxy groups -OCH3 is 2. The van der Waals surface area contributed by atoms with E-state index in [1.165, 1.54) is 38.5 Å². The van der Waals surface area contributed by atoms with Crippen LogP contribution in [0, 0.1) is 0 Å². The first-order valence-corrected chi connectivity index (χ1v) is 7.33. The van der Waals surface area contributed by atoms with Crippen molar-refractivity contribution in [3.05, 3.63) is 53.6 Å². The number of benzene rings is 2. The second-order valence-corrected chi connectivity index (χ2v) is 5.63. The van der Waals surface area contributed by atoms with E-state index in [0.29, 0.717) is 22.7 Å². The summed E-state index contributed by atoms with van der Waals surface area (Å²) >= 11 is 0. The summed E-state index contributed by atoms with van der Waals surface area (Å²) in [5, 5.41) is 0. The topological polar surface area (TPSA) is 30.8 Å². The van der Waals surface area contributed by atoms with Gasteiger partial charge in [-0.05, 0) is 47.9 Å². The zero-order valence-electron chi connectivity index (χ0n) is 13.2. The van der Waals surface area contributed by atoms with Crippen LogP contribution in [0.15, 0.2) is 47.5 Å². The third kappa shape index (κ3) is 2.62. The van der Waals surface area contributed by atoms with Crippen LogP contribution in [0.2, 0.25) is 0 Å². The van der Waals surface area contributed by atoms with E-state index in [2.05, 4.69) is 4.99 Å². The highest BCUT2D eigenvalue weighted by atomic mass is 19.4. The Bertz CT molecular complexity index is 769. The smallest absolute Gasteiger partial charge is 0.403 e. The van der Waals surface area contributed by atoms with Gasteiger partial charge in [-0.1, -0.05) is 12.1 Å². The number of ether oxygens (including phenoxy) is 2. The molecule has 0 unspecified atom stereocenters. The maximum absolute atomic E-state index is 14.0. The molecule has 0 saturated heterocycles. The molecule has 0 aromatic heterocycles. The normalized spacial score (nSPS) is 19.7. The number of alkyl halides is 3. The Labute approximate surface area is 137 Å². The standard InChI is InChI=1S/C18H16F3NO2/c1-23-14-5-3-13(4-6-14)17(18(19,20)21)10-12-9-15(24-2)7-8-16(12)22-11-17/h3-9,11H,10H2,1-2H3/t17-/m0/s1. The maximum atomic E-state index is 14.0. The van der Waals surface area contributed by atoms with E-state index in [1.54, 1.807) is 18.2 Å². The predicted molar refractivity (Wildman–Crippen MR) is 85.6 cm³/mol. The van der Waals surface area contributed by atoms with Gasteiger partial charge in [-0.25, -0.2) is 0 Å². The number of fused-ring (bicyclic) bond motifs is 1. The third-order valence-corrected chi connectivity index (χ3v) is 4.29. The fraction of sp³-hybridized carbons (Fsp3) is 0.278. The molecule has 0 radical (unpaired) electrons. The van der Waals surface area contributed by atoms with E-state index in [1.807, 2.05) is 0 Å². The van der Waals surface area contributed by atoms with E-state index >= 15 is 0 Å². The van der Waals surface area contributed by atoms with Crippen molar-refractivity contribution in [1.29, 1.82) is 0 Å². The Balaban J connectivity index is 2.11. The first-order chi connectivity index (χ1) is 11.4. The van der Waals surface area contributed by atoms with Crippen LogP contribution in [0.5, 0.6) is 11.5 Å². The van der Waals surface area contributed by atoms with Crippen LogP contribution in [0.1, 0.15) is 11.1 Å². The second kappa shape index (κ2) is 5.85. The SMILES string of the molecule is COc1ccc([C@@]2(C(F)(F)F)C=Nc3ccc(OC)cc3C2)cc1. The molecule has 3 rings (SSSR count). The van der Waals surface area contributed by atoms with Gasteiger partial charge in [0.25, 0.3) is 0 Å². The molecule has 1 aliphatic heterocycles. The van der Waals surface area contributed by atoms with Gasteiger partial charge in [-0.3, -0.25) is 4.99 Å². The molecule has 0 N–H and O–H groups in total. The molecule has 0 saturated carbocycles. The molecule has 1 heterocycles. The number of aliphatic imine (C=N–C) groups is 1. The van der Waals surface area contributed by atoms with Crippen LogP contribution < -0.4 is 9.47 Å². The molecule has 2 aromatic rings. The average molecular weight is 335 g/mol. The highest BCUT2D eigenvalue weighted by molar-refractivity contribution is 5.82. The highest BCUT2D eigenvalue weighted by Gasteiger charge is 2.56. The Morgan fingerprint density at radius 1 is 0.958 bits per heavy atom. The van der Waals surface area contributed by atoms with Crippen LogP contribution in [0.3, 0.4) is 0 Å². The summed E-state index contributed by atoms with van der Waals surface area (Å²) in [6.07, 6.45) is -3.70. The second-order valence-electron chi connectivity index (χ2n) is 5.63. The molecule has 24 heavy (non-hydrogen) atoms. The lowest BCUT2D eigenvalue weighted by Crippen LogP contribution is -2.47. The molecular formula is C18H16F3NO2. The monoisotopic (exact) mass is 335 g/mol. The minimum absolute atomic E-state index is 0.132. The quantitative estimate of drug-likeness (QED) is 0.829. The van der Waals surface area contributed by atoms with Crippen molar-refractivity contribution in [1.82, 2.24) is 0 Å². The van der Waals surface area contributed by atoms with E-state index in [4.69, 9.17) is 9.47 Å². The first-order valence-electron chi connectivity index (χ1n) is 7.33. The van der Waals surface area contributed by atoms with Gasteiger partial charge in [0, 0.05) is 6.21 Å². The molecule has 1 atom stereocenters. The first kappa shape index (κ1) is 16.4. The van der Waals surface area contributed by atoms with Crippen LogP contribution in [0.4, 0.5) is 18.9 Å². The Morgan fingerprint density at radius 2 is 1.58 bits per heavy atom. The minimum Gasteiger partial charge on any atom is -0.497 e. The molecular weight excluding hydrogens is 319 g/mol. The zero-order valence-corrected chi connectivity index (χ0v) is 13.2. The lowest BCUT2D eigenvalue weighted by atomic mass is 9.74. The summed E-state index contributed by atoms with van der Waals surface area (Å²) in [5.74, 6) is 1.02. The van der Waals surface area contributed by atoms with E-state index < -0.39 is 11.6 Å². The van der Waals surface area contributed by atoms with Crippen molar-refractivity contribution >= 4 is 11.9 Å². The lowest BCUT2D eigenvalue weighted by Gasteiger charge is -2.35. The van der Waals surface area contributed by atoms with Crippen molar-refractivity contribution in [2.75, 3.05) is 14.2 Å². The molecule has 0 spiro atoms. The largest absolute Gasteiger partial charge is 0.497 e. The molecule has 0 fully saturated rings. The summed E-state index contributed by atoms with van der Waals surface area (Å²) in [7, 11) is 2.95. The summed E-state index contributed by atoms with van der Waals surface area (Å²) in [4.78, 5) is 4.08. The maximum Gasteiger partial charge on any atom is 0.403 e. The van der Waals surface area contributed by atoms with Gasteiger partial charge >= 0.3 is 6.18 Å². The molecule has 0 amide bonds. The summed E-state index contributed by atoms with van der Waals surface area (Å²) in [6, 6.07) is 10.9. The molecule has 0 aliphatic carbocycles. The molecule has 1 aliphatic rings. The van der Waals surface area contributed by atoms with Crippen LogP contribution >= 0.6 is 0 Å². The van der Waals surface area contributed by atoms with Crippen molar-refractivity contribution < 1.29 is 22.6 Å². The Morgan fingerprint density at radius 3 is 2.17 bits per heavy atom. The fourth-order valence-corrected chi connectivity index (χ4v) is 2.88. The van der Waals surface area contributed by atoms with E-state index in [9.17, 15) is 13.2 Å². The number of halogens is 3. The van der Waals surface area contributed by atoms with Gasteiger partial charge < -0.3 is 9.47 Å². The number of hydrogen-bond acceptors (Lipinski definition) is 3. The molecule has 3 nitrogen and oxygen atoms in total. The summed E-state index contributed by atoms with van der Waals surface area (Å²) in [5.41, 5.74) is -0.999. The lowest BCUT2D eigenvalue weighted by molar-refractivity contribution is -0.168. The van der Waals surface area contributed by atoms with Gasteiger partial charge in [0.2, 0.25) is 0 Å². The van der Waals surface area contributed by atoms with Gasteiger partial charge in [-0.15, -0.1) is 0 Å². The molecule has 6 heteroatoms. The van der Waals surface area contributed by atoms with Crippen LogP contribution in [0.25, 0.3) is 0 Å². The van der Waals surface area contributed by atoms with Gasteiger partial charge in [0.15, 0.2) is 0 Å². The molecule has 126 valence electrons. The number of hydrogen-bond donors (Lipinski definition) is 0. The van der Waals surface area contributed by atoms with Crippen LogP contribution in [-0.2, 0) is 11.8 Å². The highest BCUT2D eigenvalue weighted by Crippen LogP contribution is 2.47.